The van der Waals surface area contributed by atoms with Crippen LogP contribution in [0.4, 0.5) is 0 Å². The molecule has 14 heavy (non-hydrogen) atoms. The van der Waals surface area contributed by atoms with Crippen molar-refractivity contribution in [2.24, 2.45) is 0 Å². The van der Waals surface area contributed by atoms with Gasteiger partial charge in [-0.3, -0.25) is 0 Å². The molecule has 2 rings (SSSR count). The maximum Gasteiger partial charge on any atom is 0.162 e. The minimum atomic E-state index is 0.632. The molecular formula is C10H8N3O. The monoisotopic (exact) mass is 186 g/mol. The van der Waals surface area contributed by atoms with Crippen molar-refractivity contribution in [3.05, 3.63) is 36.9 Å². The Morgan fingerprint density at radius 1 is 1.29 bits per heavy atom. The fourth-order valence-electron chi connectivity index (χ4n) is 1.09. The Balaban J connectivity index is 2.42. The molecule has 0 aliphatic heterocycles. The molecule has 1 heterocycles. The average Bonchev–Trinajstić information content (AvgIpc) is 2.30. The van der Waals surface area contributed by atoms with Crippen LogP contribution in [-0.2, 0) is 0 Å². The molecule has 0 saturated carbocycles. The number of nitrogens with zero attached hydrogens (tertiary/aromatic N) is 3. The number of hydrogen-bond donors (Lipinski definition) is 0. The summed E-state index contributed by atoms with van der Waals surface area (Å²) in [6.07, 6.45) is 2.93. The van der Waals surface area contributed by atoms with Crippen LogP contribution in [0.25, 0.3) is 11.4 Å². The van der Waals surface area contributed by atoms with Gasteiger partial charge < -0.3 is 4.74 Å². The van der Waals surface area contributed by atoms with Gasteiger partial charge in [-0.2, -0.15) is 0 Å². The third kappa shape index (κ3) is 1.69. The average molecular weight is 186 g/mol. The number of aromatic nitrogens is 3. The number of hydrogen-bond acceptors (Lipinski definition) is 4. The Hall–Kier alpha value is -1.97. The fraction of sp³-hybridized carbons (Fsp3) is 0.100. The summed E-state index contributed by atoms with van der Waals surface area (Å²) in [6.45, 7) is 0. The lowest BCUT2D eigenvalue weighted by molar-refractivity contribution is 0.414. The lowest BCUT2D eigenvalue weighted by Crippen LogP contribution is -1.90. The first-order valence-electron chi connectivity index (χ1n) is 4.08. The molecule has 0 saturated heterocycles. The lowest BCUT2D eigenvalue weighted by atomic mass is 10.2. The topological polar surface area (TPSA) is 47.9 Å². The Morgan fingerprint density at radius 2 is 2.07 bits per heavy atom. The third-order valence-corrected chi connectivity index (χ3v) is 1.75. The van der Waals surface area contributed by atoms with Crippen LogP contribution in [0.15, 0.2) is 30.9 Å². The van der Waals surface area contributed by atoms with E-state index in [-0.39, 0.29) is 0 Å². The minimum absolute atomic E-state index is 0.632. The Kier molecular flexibility index (Phi) is 2.36. The number of ether oxygens (including phenoxy) is 1. The van der Waals surface area contributed by atoms with E-state index in [9.17, 15) is 0 Å². The van der Waals surface area contributed by atoms with E-state index in [1.807, 2.05) is 12.1 Å². The van der Waals surface area contributed by atoms with Crippen molar-refractivity contribution in [3.63, 3.8) is 0 Å². The molecule has 1 aromatic heterocycles. The van der Waals surface area contributed by atoms with Crippen LogP contribution in [0.2, 0.25) is 0 Å². The van der Waals surface area contributed by atoms with Crippen LogP contribution in [0.3, 0.4) is 0 Å². The molecule has 69 valence electrons. The van der Waals surface area contributed by atoms with Crippen LogP contribution >= 0.6 is 0 Å². The molecule has 0 spiro atoms. The van der Waals surface area contributed by atoms with Gasteiger partial charge in [0.25, 0.3) is 0 Å². The predicted molar refractivity (Wildman–Crippen MR) is 50.7 cm³/mol. The second kappa shape index (κ2) is 3.83. The first-order chi connectivity index (χ1) is 6.90. The molecule has 2 aromatic rings. The first-order valence-corrected chi connectivity index (χ1v) is 4.08. The van der Waals surface area contributed by atoms with Crippen molar-refractivity contribution < 1.29 is 4.74 Å². The molecule has 4 nitrogen and oxygen atoms in total. The third-order valence-electron chi connectivity index (χ3n) is 1.75. The van der Waals surface area contributed by atoms with Crippen molar-refractivity contribution in [1.29, 1.82) is 0 Å². The van der Waals surface area contributed by atoms with E-state index >= 15 is 0 Å². The van der Waals surface area contributed by atoms with Gasteiger partial charge in [-0.1, -0.05) is 6.07 Å². The van der Waals surface area contributed by atoms with E-state index in [0.29, 0.717) is 11.6 Å². The Bertz CT molecular complexity index is 417. The SMILES string of the molecule is COc1[c]ccc(-c2ncncn2)c1. The van der Waals surface area contributed by atoms with Gasteiger partial charge in [0, 0.05) is 11.6 Å². The van der Waals surface area contributed by atoms with E-state index in [0.717, 1.165) is 5.56 Å². The molecule has 1 radical (unpaired) electrons. The van der Waals surface area contributed by atoms with Crippen LogP contribution in [0.5, 0.6) is 5.75 Å². The summed E-state index contributed by atoms with van der Waals surface area (Å²) in [6, 6.07) is 8.41. The summed E-state index contributed by atoms with van der Waals surface area (Å²) in [5.74, 6) is 1.30. The van der Waals surface area contributed by atoms with E-state index in [1.165, 1.54) is 12.7 Å². The maximum absolute atomic E-state index is 5.05. The molecule has 0 atom stereocenters. The minimum Gasteiger partial charge on any atom is -0.496 e. The highest BCUT2D eigenvalue weighted by atomic mass is 16.5. The van der Waals surface area contributed by atoms with Gasteiger partial charge in [0.2, 0.25) is 0 Å². The van der Waals surface area contributed by atoms with Gasteiger partial charge in [0.05, 0.1) is 7.11 Å². The van der Waals surface area contributed by atoms with Gasteiger partial charge in [-0.25, -0.2) is 15.0 Å². The quantitative estimate of drug-likeness (QED) is 0.710. The van der Waals surface area contributed by atoms with Gasteiger partial charge in [0.15, 0.2) is 5.82 Å². The van der Waals surface area contributed by atoms with Crippen LogP contribution in [0.1, 0.15) is 0 Å². The summed E-state index contributed by atoms with van der Waals surface area (Å²) >= 11 is 0. The molecule has 0 bridgehead atoms. The molecular weight excluding hydrogens is 178 g/mol. The lowest BCUT2D eigenvalue weighted by Gasteiger charge is -2.01. The smallest absolute Gasteiger partial charge is 0.162 e. The standard InChI is InChI=1S/C10H8N3O/c1-14-9-4-2-3-8(5-9)10-12-6-11-7-13-10/h2-3,5-7H,1H3. The molecule has 0 aliphatic rings. The first kappa shape index (κ1) is 8.62. The van der Waals surface area contributed by atoms with E-state index in [1.54, 1.807) is 13.2 Å². The summed E-state index contributed by atoms with van der Waals surface area (Å²) in [5, 5.41) is 0. The van der Waals surface area contributed by atoms with Crippen molar-refractivity contribution >= 4 is 0 Å². The highest BCUT2D eigenvalue weighted by Gasteiger charge is 2.00. The van der Waals surface area contributed by atoms with Crippen molar-refractivity contribution in [2.75, 3.05) is 7.11 Å². The normalized spacial score (nSPS) is 9.79. The van der Waals surface area contributed by atoms with Crippen LogP contribution in [0, 0.1) is 6.07 Å². The van der Waals surface area contributed by atoms with E-state index in [4.69, 9.17) is 4.74 Å². The summed E-state index contributed by atoms with van der Waals surface area (Å²) < 4.78 is 5.05. The molecule has 4 heteroatoms. The number of methoxy groups -OCH3 is 1. The maximum atomic E-state index is 5.05. The zero-order chi connectivity index (χ0) is 9.80. The van der Waals surface area contributed by atoms with E-state index < -0.39 is 0 Å². The molecule has 1 aromatic carbocycles. The van der Waals surface area contributed by atoms with Gasteiger partial charge in [-0.15, -0.1) is 0 Å². The molecule has 0 unspecified atom stereocenters. The van der Waals surface area contributed by atoms with E-state index in [2.05, 4.69) is 21.0 Å². The molecule has 0 amide bonds. The summed E-state index contributed by atoms with van der Waals surface area (Å²) in [7, 11) is 1.60. The van der Waals surface area contributed by atoms with Crippen molar-refractivity contribution in [2.45, 2.75) is 0 Å². The van der Waals surface area contributed by atoms with Gasteiger partial charge >= 0.3 is 0 Å². The number of rotatable bonds is 2. The number of benzene rings is 1. The zero-order valence-electron chi connectivity index (χ0n) is 7.64. The van der Waals surface area contributed by atoms with Crippen molar-refractivity contribution in [1.82, 2.24) is 15.0 Å². The largest absolute Gasteiger partial charge is 0.496 e. The molecule has 0 fully saturated rings. The highest BCUT2D eigenvalue weighted by Crippen LogP contribution is 2.18. The summed E-state index contributed by atoms with van der Waals surface area (Å²) in [4.78, 5) is 11.8. The highest BCUT2D eigenvalue weighted by molar-refractivity contribution is 5.56. The molecule has 0 N–H and O–H groups in total. The fourth-order valence-corrected chi connectivity index (χ4v) is 1.09. The Labute approximate surface area is 81.6 Å². The van der Waals surface area contributed by atoms with Crippen molar-refractivity contribution in [3.8, 4) is 17.1 Å². The second-order valence-corrected chi connectivity index (χ2v) is 2.61. The van der Waals surface area contributed by atoms with Crippen LogP contribution in [-0.4, -0.2) is 22.1 Å². The zero-order valence-corrected chi connectivity index (χ0v) is 7.64. The second-order valence-electron chi connectivity index (χ2n) is 2.61. The Morgan fingerprint density at radius 3 is 2.79 bits per heavy atom. The predicted octanol–water partition coefficient (Wildman–Crippen LogP) is 1.35. The van der Waals surface area contributed by atoms with Crippen LogP contribution < -0.4 is 4.74 Å². The molecule has 0 aliphatic carbocycles. The van der Waals surface area contributed by atoms with Gasteiger partial charge in [0.1, 0.15) is 18.4 Å². The summed E-state index contributed by atoms with van der Waals surface area (Å²) in [5.41, 5.74) is 0.892. The van der Waals surface area contributed by atoms with Gasteiger partial charge in [-0.05, 0) is 12.1 Å².